The zero-order valence-electron chi connectivity index (χ0n) is 12.1. The number of aryl methyl sites for hydroxylation is 2. The summed E-state index contributed by atoms with van der Waals surface area (Å²) in [4.78, 5) is 23.7. The predicted molar refractivity (Wildman–Crippen MR) is 81.3 cm³/mol. The van der Waals surface area contributed by atoms with E-state index < -0.39 is 5.97 Å². The standard InChI is InChI=1S/C17H17NO3/c1-12-8-9-13(2)15(10-12)17(20)21-11-16(19)18-14-6-4-3-5-7-14/h3-10H,11H2,1-2H3,(H,18,19). The van der Waals surface area contributed by atoms with E-state index in [1.54, 1.807) is 18.2 Å². The van der Waals surface area contributed by atoms with Crippen LogP contribution in [0.25, 0.3) is 0 Å². The van der Waals surface area contributed by atoms with Crippen molar-refractivity contribution >= 4 is 17.6 Å². The summed E-state index contributed by atoms with van der Waals surface area (Å²) >= 11 is 0. The van der Waals surface area contributed by atoms with E-state index in [9.17, 15) is 9.59 Å². The number of ether oxygens (including phenoxy) is 1. The summed E-state index contributed by atoms with van der Waals surface area (Å²) in [5, 5.41) is 2.66. The van der Waals surface area contributed by atoms with Crippen LogP contribution in [0.4, 0.5) is 5.69 Å². The Morgan fingerprint density at radius 1 is 1.05 bits per heavy atom. The molecule has 0 saturated carbocycles. The summed E-state index contributed by atoms with van der Waals surface area (Å²) in [6, 6.07) is 14.6. The van der Waals surface area contributed by atoms with E-state index in [1.807, 2.05) is 44.2 Å². The van der Waals surface area contributed by atoms with Gasteiger partial charge in [0.1, 0.15) is 0 Å². The molecule has 0 bridgehead atoms. The topological polar surface area (TPSA) is 55.4 Å². The summed E-state index contributed by atoms with van der Waals surface area (Å²) in [6.45, 7) is 3.43. The fourth-order valence-corrected chi connectivity index (χ4v) is 1.88. The van der Waals surface area contributed by atoms with Crippen molar-refractivity contribution in [2.75, 3.05) is 11.9 Å². The molecule has 2 rings (SSSR count). The van der Waals surface area contributed by atoms with Crippen molar-refractivity contribution in [3.63, 3.8) is 0 Å². The number of esters is 1. The number of para-hydroxylation sites is 1. The number of hydrogen-bond acceptors (Lipinski definition) is 3. The van der Waals surface area contributed by atoms with Crippen LogP contribution < -0.4 is 5.32 Å². The predicted octanol–water partition coefficient (Wildman–Crippen LogP) is 3.10. The van der Waals surface area contributed by atoms with Crippen LogP contribution in [0.3, 0.4) is 0 Å². The van der Waals surface area contributed by atoms with E-state index in [1.165, 1.54) is 0 Å². The summed E-state index contributed by atoms with van der Waals surface area (Å²) in [5.41, 5.74) is 2.96. The minimum Gasteiger partial charge on any atom is -0.452 e. The number of carbonyl (C=O) groups excluding carboxylic acids is 2. The molecule has 0 aromatic heterocycles. The summed E-state index contributed by atoms with van der Waals surface area (Å²) in [5.74, 6) is -0.848. The Labute approximate surface area is 123 Å². The molecular formula is C17H17NO3. The molecule has 0 aliphatic rings. The van der Waals surface area contributed by atoms with E-state index >= 15 is 0 Å². The van der Waals surface area contributed by atoms with E-state index in [0.717, 1.165) is 11.1 Å². The van der Waals surface area contributed by atoms with Crippen molar-refractivity contribution in [2.45, 2.75) is 13.8 Å². The van der Waals surface area contributed by atoms with Gasteiger partial charge in [0, 0.05) is 5.69 Å². The highest BCUT2D eigenvalue weighted by atomic mass is 16.5. The number of hydrogen-bond donors (Lipinski definition) is 1. The lowest BCUT2D eigenvalue weighted by Crippen LogP contribution is -2.21. The Balaban J connectivity index is 1.92. The van der Waals surface area contributed by atoms with E-state index in [4.69, 9.17) is 4.74 Å². The first kappa shape index (κ1) is 14.8. The van der Waals surface area contributed by atoms with Crippen molar-refractivity contribution in [2.24, 2.45) is 0 Å². The fraction of sp³-hybridized carbons (Fsp3) is 0.176. The fourth-order valence-electron chi connectivity index (χ4n) is 1.88. The molecule has 0 fully saturated rings. The van der Waals surface area contributed by atoms with Crippen LogP contribution in [0.15, 0.2) is 48.5 Å². The third kappa shape index (κ3) is 4.18. The third-order valence-corrected chi connectivity index (χ3v) is 3.00. The second-order valence-corrected chi connectivity index (χ2v) is 4.81. The Kier molecular flexibility index (Phi) is 4.72. The number of amides is 1. The molecule has 108 valence electrons. The first-order valence-electron chi connectivity index (χ1n) is 6.65. The van der Waals surface area contributed by atoms with Crippen molar-refractivity contribution in [3.05, 3.63) is 65.2 Å². The highest BCUT2D eigenvalue weighted by Crippen LogP contribution is 2.12. The smallest absolute Gasteiger partial charge is 0.338 e. The lowest BCUT2D eigenvalue weighted by atomic mass is 10.1. The first-order chi connectivity index (χ1) is 10.1. The van der Waals surface area contributed by atoms with E-state index in [0.29, 0.717) is 11.3 Å². The molecule has 21 heavy (non-hydrogen) atoms. The summed E-state index contributed by atoms with van der Waals surface area (Å²) in [7, 11) is 0. The molecule has 2 aromatic rings. The molecule has 1 N–H and O–H groups in total. The van der Waals surface area contributed by atoms with Gasteiger partial charge in [-0.3, -0.25) is 4.79 Å². The van der Waals surface area contributed by atoms with Crippen LogP contribution in [-0.2, 0) is 9.53 Å². The SMILES string of the molecule is Cc1ccc(C)c(C(=O)OCC(=O)Nc2ccccc2)c1. The van der Waals surface area contributed by atoms with E-state index in [-0.39, 0.29) is 12.5 Å². The normalized spacial score (nSPS) is 10.0. The molecule has 4 nitrogen and oxygen atoms in total. The van der Waals surface area contributed by atoms with Crippen molar-refractivity contribution in [1.29, 1.82) is 0 Å². The third-order valence-electron chi connectivity index (χ3n) is 3.00. The molecule has 0 heterocycles. The molecule has 0 aliphatic carbocycles. The minimum atomic E-state index is -0.487. The Hall–Kier alpha value is -2.62. The van der Waals surface area contributed by atoms with Gasteiger partial charge in [-0.2, -0.15) is 0 Å². The van der Waals surface area contributed by atoms with Gasteiger partial charge >= 0.3 is 5.97 Å². The molecule has 0 radical (unpaired) electrons. The van der Waals surface area contributed by atoms with Crippen molar-refractivity contribution < 1.29 is 14.3 Å². The van der Waals surface area contributed by atoms with Crippen molar-refractivity contribution in [3.8, 4) is 0 Å². The molecule has 1 amide bonds. The molecule has 0 unspecified atom stereocenters. The highest BCUT2D eigenvalue weighted by Gasteiger charge is 2.12. The zero-order valence-corrected chi connectivity index (χ0v) is 12.1. The lowest BCUT2D eigenvalue weighted by molar-refractivity contribution is -0.119. The first-order valence-corrected chi connectivity index (χ1v) is 6.65. The van der Waals surface area contributed by atoms with Gasteiger partial charge in [0.15, 0.2) is 6.61 Å². The minimum absolute atomic E-state index is 0.304. The Morgan fingerprint density at radius 3 is 2.48 bits per heavy atom. The quantitative estimate of drug-likeness (QED) is 0.877. The second-order valence-electron chi connectivity index (χ2n) is 4.81. The van der Waals surface area contributed by atoms with E-state index in [2.05, 4.69) is 5.32 Å². The van der Waals surface area contributed by atoms with Gasteiger partial charge < -0.3 is 10.1 Å². The highest BCUT2D eigenvalue weighted by molar-refractivity contribution is 5.96. The largest absolute Gasteiger partial charge is 0.452 e. The monoisotopic (exact) mass is 283 g/mol. The average Bonchev–Trinajstić information content (AvgIpc) is 2.48. The number of benzene rings is 2. The average molecular weight is 283 g/mol. The second kappa shape index (κ2) is 6.70. The van der Waals surface area contributed by atoms with Gasteiger partial charge in [0.25, 0.3) is 5.91 Å². The van der Waals surface area contributed by atoms with Crippen LogP contribution in [-0.4, -0.2) is 18.5 Å². The number of carbonyl (C=O) groups is 2. The van der Waals surface area contributed by atoms with Crippen LogP contribution in [0, 0.1) is 13.8 Å². The number of rotatable bonds is 4. The van der Waals surface area contributed by atoms with Crippen LogP contribution in [0.2, 0.25) is 0 Å². The molecule has 4 heteroatoms. The Morgan fingerprint density at radius 2 is 1.76 bits per heavy atom. The maximum absolute atomic E-state index is 12.0. The molecule has 0 spiro atoms. The van der Waals surface area contributed by atoms with Gasteiger partial charge in [-0.15, -0.1) is 0 Å². The van der Waals surface area contributed by atoms with Gasteiger partial charge in [0.2, 0.25) is 0 Å². The van der Waals surface area contributed by atoms with Crippen LogP contribution >= 0.6 is 0 Å². The number of anilines is 1. The van der Waals surface area contributed by atoms with Gasteiger partial charge in [-0.05, 0) is 37.6 Å². The maximum atomic E-state index is 12.0. The van der Waals surface area contributed by atoms with Gasteiger partial charge in [-0.25, -0.2) is 4.79 Å². The van der Waals surface area contributed by atoms with Gasteiger partial charge in [0.05, 0.1) is 5.56 Å². The molecular weight excluding hydrogens is 266 g/mol. The molecule has 0 atom stereocenters. The molecule has 0 saturated heterocycles. The zero-order chi connectivity index (χ0) is 15.2. The van der Waals surface area contributed by atoms with Crippen LogP contribution in [0.1, 0.15) is 21.5 Å². The lowest BCUT2D eigenvalue weighted by Gasteiger charge is -2.08. The maximum Gasteiger partial charge on any atom is 0.338 e. The van der Waals surface area contributed by atoms with Gasteiger partial charge in [-0.1, -0.05) is 35.9 Å². The summed E-state index contributed by atoms with van der Waals surface area (Å²) in [6.07, 6.45) is 0. The number of nitrogens with one attached hydrogen (secondary N) is 1. The van der Waals surface area contributed by atoms with Crippen LogP contribution in [0.5, 0.6) is 0 Å². The molecule has 2 aromatic carbocycles. The van der Waals surface area contributed by atoms with Crippen molar-refractivity contribution in [1.82, 2.24) is 0 Å². The summed E-state index contributed by atoms with van der Waals surface area (Å²) < 4.78 is 5.05. The molecule has 0 aliphatic heterocycles. The Bertz CT molecular complexity index is 650.